The molecule has 0 spiro atoms. The molecule has 114 valence electrons. The molecule has 0 unspecified atom stereocenters. The number of halogens is 1. The highest BCUT2D eigenvalue weighted by Gasteiger charge is 2.07. The second-order valence-electron chi connectivity index (χ2n) is 4.92. The van der Waals surface area contributed by atoms with E-state index < -0.39 is 0 Å². The molecule has 0 aliphatic heterocycles. The van der Waals surface area contributed by atoms with Crippen molar-refractivity contribution in [1.29, 1.82) is 0 Å². The van der Waals surface area contributed by atoms with Crippen molar-refractivity contribution in [3.8, 4) is 0 Å². The largest absolute Gasteiger partial charge is 0.383 e. The molecule has 0 aliphatic carbocycles. The average Bonchev–Trinajstić information content (AvgIpc) is 2.77. The van der Waals surface area contributed by atoms with Crippen LogP contribution in [0.3, 0.4) is 0 Å². The van der Waals surface area contributed by atoms with Crippen LogP contribution in [-0.2, 0) is 13.1 Å². The molecule has 0 aromatic carbocycles. The van der Waals surface area contributed by atoms with Gasteiger partial charge in [-0.3, -0.25) is 9.48 Å². The second kappa shape index (κ2) is 6.89. The highest BCUT2D eigenvalue weighted by molar-refractivity contribution is 9.10. The quantitative estimate of drug-likeness (QED) is 0.809. The van der Waals surface area contributed by atoms with Crippen molar-refractivity contribution in [1.82, 2.24) is 19.6 Å². The topological polar surface area (TPSA) is 64.7 Å². The molecule has 0 saturated carbocycles. The fourth-order valence-corrected chi connectivity index (χ4v) is 2.61. The van der Waals surface area contributed by atoms with Crippen molar-refractivity contribution in [2.24, 2.45) is 0 Å². The molecule has 0 radical (unpaired) electrons. The Balaban J connectivity index is 1.91. The highest BCUT2D eigenvalue weighted by Crippen LogP contribution is 2.16. The Bertz CT molecular complexity index is 676. The summed E-state index contributed by atoms with van der Waals surface area (Å²) >= 11 is 3.33. The number of aromatic nitrogens is 4. The van der Waals surface area contributed by atoms with Gasteiger partial charge in [0.2, 0.25) is 0 Å². The number of rotatable bonds is 6. The lowest BCUT2D eigenvalue weighted by Gasteiger charge is -2.10. The zero-order valence-corrected chi connectivity index (χ0v) is 14.1. The number of hydrogen-bond acceptors (Lipinski definition) is 4. The number of hydrogen-bond donors (Lipinski definition) is 1. The van der Waals surface area contributed by atoms with E-state index in [-0.39, 0.29) is 5.56 Å². The fraction of sp³-hybridized carbons (Fsp3) is 0.500. The summed E-state index contributed by atoms with van der Waals surface area (Å²) in [7, 11) is 0. The third-order valence-corrected chi connectivity index (χ3v) is 4.02. The minimum atomic E-state index is -0.110. The molecule has 6 nitrogen and oxygen atoms in total. The van der Waals surface area contributed by atoms with Crippen molar-refractivity contribution in [2.75, 3.05) is 11.9 Å². The molecule has 0 amide bonds. The molecule has 2 heterocycles. The fourth-order valence-electron chi connectivity index (χ4n) is 2.17. The number of nitrogens with one attached hydrogen (secondary N) is 1. The highest BCUT2D eigenvalue weighted by atomic mass is 79.9. The van der Waals surface area contributed by atoms with Gasteiger partial charge in [-0.05, 0) is 49.2 Å². The monoisotopic (exact) mass is 353 g/mol. The van der Waals surface area contributed by atoms with Gasteiger partial charge in [0.1, 0.15) is 4.47 Å². The maximum absolute atomic E-state index is 11.9. The van der Waals surface area contributed by atoms with Crippen LogP contribution < -0.4 is 10.9 Å². The maximum atomic E-state index is 11.9. The van der Waals surface area contributed by atoms with E-state index in [4.69, 9.17) is 0 Å². The van der Waals surface area contributed by atoms with E-state index in [9.17, 15) is 4.79 Å². The van der Waals surface area contributed by atoms with Crippen LogP contribution in [0.15, 0.2) is 21.5 Å². The number of nitrogens with zero attached hydrogens (tertiary/aromatic N) is 4. The first-order valence-electron chi connectivity index (χ1n) is 7.03. The zero-order chi connectivity index (χ0) is 15.4. The van der Waals surface area contributed by atoms with Gasteiger partial charge in [0.15, 0.2) is 0 Å². The summed E-state index contributed by atoms with van der Waals surface area (Å²) in [4.78, 5) is 11.9. The third-order valence-electron chi connectivity index (χ3n) is 3.25. The Morgan fingerprint density at radius 1 is 1.33 bits per heavy atom. The second-order valence-corrected chi connectivity index (χ2v) is 5.72. The lowest BCUT2D eigenvalue weighted by Crippen LogP contribution is -2.23. The summed E-state index contributed by atoms with van der Waals surface area (Å²) in [5.41, 5.74) is 2.83. The molecular formula is C14H20BrN5O. The lowest BCUT2D eigenvalue weighted by molar-refractivity contribution is 0.573. The van der Waals surface area contributed by atoms with E-state index in [1.807, 2.05) is 18.5 Å². The molecular weight excluding hydrogens is 334 g/mol. The van der Waals surface area contributed by atoms with Crippen LogP contribution in [0.2, 0.25) is 0 Å². The van der Waals surface area contributed by atoms with Crippen LogP contribution in [0.25, 0.3) is 0 Å². The van der Waals surface area contributed by atoms with Gasteiger partial charge in [0, 0.05) is 25.3 Å². The normalized spacial score (nSPS) is 10.9. The van der Waals surface area contributed by atoms with Crippen molar-refractivity contribution >= 4 is 21.6 Å². The van der Waals surface area contributed by atoms with Gasteiger partial charge in [-0.2, -0.15) is 10.2 Å². The van der Waals surface area contributed by atoms with Crippen molar-refractivity contribution < 1.29 is 0 Å². The van der Waals surface area contributed by atoms with Crippen LogP contribution in [0.5, 0.6) is 0 Å². The molecule has 2 rings (SSSR count). The molecule has 0 aliphatic rings. The summed E-state index contributed by atoms with van der Waals surface area (Å²) in [6.07, 6.45) is 2.60. The molecule has 0 bridgehead atoms. The van der Waals surface area contributed by atoms with E-state index in [2.05, 4.69) is 44.4 Å². The summed E-state index contributed by atoms with van der Waals surface area (Å²) in [5, 5.41) is 11.8. The molecule has 21 heavy (non-hydrogen) atoms. The van der Waals surface area contributed by atoms with Crippen LogP contribution >= 0.6 is 15.9 Å². The molecule has 2 aromatic heterocycles. The Hall–Kier alpha value is -1.63. The molecule has 1 N–H and O–H groups in total. The summed E-state index contributed by atoms with van der Waals surface area (Å²) in [5.74, 6) is 0. The molecule has 2 aromatic rings. The van der Waals surface area contributed by atoms with Crippen molar-refractivity contribution in [3.63, 3.8) is 0 Å². The smallest absolute Gasteiger partial charge is 0.283 e. The lowest BCUT2D eigenvalue weighted by atomic mass is 10.3. The van der Waals surface area contributed by atoms with Crippen molar-refractivity contribution in [3.05, 3.63) is 38.5 Å². The van der Waals surface area contributed by atoms with Gasteiger partial charge in [-0.15, -0.1) is 0 Å². The molecule has 0 fully saturated rings. The van der Waals surface area contributed by atoms with Crippen molar-refractivity contribution in [2.45, 2.75) is 40.3 Å². The van der Waals surface area contributed by atoms with E-state index in [0.717, 1.165) is 30.9 Å². The molecule has 0 saturated heterocycles. The van der Waals surface area contributed by atoms with E-state index >= 15 is 0 Å². The molecule has 0 atom stereocenters. The third kappa shape index (κ3) is 3.72. The van der Waals surface area contributed by atoms with Crippen LogP contribution in [0.1, 0.15) is 24.7 Å². The minimum Gasteiger partial charge on any atom is -0.383 e. The van der Waals surface area contributed by atoms with Gasteiger partial charge in [-0.1, -0.05) is 0 Å². The Kier molecular flexibility index (Phi) is 5.17. The standard InChI is InChI=1S/C14H20BrN5O/c1-4-19-14(21)13(15)12(9-17-19)16-6-5-7-20-11(3)8-10(2)18-20/h8-9,16H,4-7H2,1-3H3. The first kappa shape index (κ1) is 15.8. The maximum Gasteiger partial charge on any atom is 0.283 e. The van der Waals surface area contributed by atoms with Crippen LogP contribution in [0, 0.1) is 13.8 Å². The summed E-state index contributed by atoms with van der Waals surface area (Å²) < 4.78 is 3.95. The van der Waals surface area contributed by atoms with E-state index in [1.165, 1.54) is 10.4 Å². The zero-order valence-electron chi connectivity index (χ0n) is 12.6. The summed E-state index contributed by atoms with van der Waals surface area (Å²) in [6.45, 7) is 8.11. The minimum absolute atomic E-state index is 0.110. The Morgan fingerprint density at radius 3 is 2.71 bits per heavy atom. The van der Waals surface area contributed by atoms with E-state index in [0.29, 0.717) is 11.0 Å². The Labute approximate surface area is 132 Å². The first-order chi connectivity index (χ1) is 10.0. The van der Waals surface area contributed by atoms with Gasteiger partial charge in [0.05, 0.1) is 17.6 Å². The summed E-state index contributed by atoms with van der Waals surface area (Å²) in [6, 6.07) is 2.07. The van der Waals surface area contributed by atoms with Gasteiger partial charge >= 0.3 is 0 Å². The van der Waals surface area contributed by atoms with Gasteiger partial charge in [-0.25, -0.2) is 4.68 Å². The SMILES string of the molecule is CCn1ncc(NCCCn2nc(C)cc2C)c(Br)c1=O. The first-order valence-corrected chi connectivity index (χ1v) is 7.82. The van der Waals surface area contributed by atoms with Gasteiger partial charge in [0.25, 0.3) is 5.56 Å². The predicted molar refractivity (Wildman–Crippen MR) is 86.7 cm³/mol. The predicted octanol–water partition coefficient (Wildman–Crippen LogP) is 2.34. The molecule has 7 heteroatoms. The Morgan fingerprint density at radius 2 is 2.10 bits per heavy atom. The van der Waals surface area contributed by atoms with Gasteiger partial charge < -0.3 is 5.32 Å². The number of anilines is 1. The van der Waals surface area contributed by atoms with E-state index in [1.54, 1.807) is 6.20 Å². The van der Waals surface area contributed by atoms with Crippen LogP contribution in [0.4, 0.5) is 5.69 Å². The van der Waals surface area contributed by atoms with Crippen LogP contribution in [-0.4, -0.2) is 26.1 Å². The average molecular weight is 354 g/mol. The number of aryl methyl sites for hydroxylation is 4.